The molecule has 0 aliphatic carbocycles. The Morgan fingerprint density at radius 2 is 1.76 bits per heavy atom. The standard InChI is InChI=1S/C21H35N3O/c1-23(2)20-12-9-19(10-13-20)11-14-21(25)22-15-5-3-6-16-24-17-7-4-8-18-24/h9-10,12-13H,3-8,11,14-18H2,1-2H3,(H,22,25). The fourth-order valence-corrected chi connectivity index (χ4v) is 3.36. The lowest BCUT2D eigenvalue weighted by Crippen LogP contribution is -2.30. The van der Waals surface area contributed by atoms with E-state index in [1.165, 1.54) is 63.0 Å². The molecule has 0 atom stereocenters. The van der Waals surface area contributed by atoms with E-state index in [0.717, 1.165) is 19.4 Å². The first-order valence-corrected chi connectivity index (χ1v) is 9.90. The molecule has 1 N–H and O–H groups in total. The van der Waals surface area contributed by atoms with Crippen molar-refractivity contribution in [2.45, 2.75) is 51.4 Å². The van der Waals surface area contributed by atoms with Crippen molar-refractivity contribution in [1.82, 2.24) is 10.2 Å². The number of aryl methyl sites for hydroxylation is 1. The zero-order valence-corrected chi connectivity index (χ0v) is 16.1. The van der Waals surface area contributed by atoms with E-state index in [1.54, 1.807) is 0 Å². The van der Waals surface area contributed by atoms with Gasteiger partial charge < -0.3 is 15.1 Å². The lowest BCUT2D eigenvalue weighted by molar-refractivity contribution is -0.121. The van der Waals surface area contributed by atoms with E-state index < -0.39 is 0 Å². The molecule has 1 saturated heterocycles. The number of rotatable bonds is 10. The molecule has 140 valence electrons. The number of nitrogens with zero attached hydrogens (tertiary/aromatic N) is 2. The number of hydrogen-bond acceptors (Lipinski definition) is 3. The number of carbonyl (C=O) groups excluding carboxylic acids is 1. The van der Waals surface area contributed by atoms with E-state index in [-0.39, 0.29) is 5.91 Å². The summed E-state index contributed by atoms with van der Waals surface area (Å²) in [5.74, 6) is 0.174. The Labute approximate surface area is 153 Å². The molecule has 1 aliphatic rings. The number of piperidine rings is 1. The summed E-state index contributed by atoms with van der Waals surface area (Å²) in [6.07, 6.45) is 9.10. The number of benzene rings is 1. The van der Waals surface area contributed by atoms with Crippen LogP contribution in [0.2, 0.25) is 0 Å². The van der Waals surface area contributed by atoms with Crippen LogP contribution < -0.4 is 10.2 Å². The molecule has 2 rings (SSSR count). The molecule has 1 amide bonds. The molecule has 0 spiro atoms. The van der Waals surface area contributed by atoms with Gasteiger partial charge in [-0.05, 0) is 69.4 Å². The number of carbonyl (C=O) groups is 1. The highest BCUT2D eigenvalue weighted by Gasteiger charge is 2.08. The van der Waals surface area contributed by atoms with Crippen LogP contribution in [0.25, 0.3) is 0 Å². The van der Waals surface area contributed by atoms with Crippen molar-refractivity contribution in [3.05, 3.63) is 29.8 Å². The quantitative estimate of drug-likeness (QED) is 0.660. The van der Waals surface area contributed by atoms with Crippen LogP contribution in [0.3, 0.4) is 0 Å². The number of nitrogens with one attached hydrogen (secondary N) is 1. The van der Waals surface area contributed by atoms with E-state index >= 15 is 0 Å². The summed E-state index contributed by atoms with van der Waals surface area (Å²) < 4.78 is 0. The molecule has 4 nitrogen and oxygen atoms in total. The van der Waals surface area contributed by atoms with Gasteiger partial charge in [0, 0.05) is 32.7 Å². The maximum atomic E-state index is 11.9. The lowest BCUT2D eigenvalue weighted by atomic mass is 10.1. The SMILES string of the molecule is CN(C)c1ccc(CCC(=O)NCCCCCN2CCCCC2)cc1. The minimum Gasteiger partial charge on any atom is -0.378 e. The molecule has 25 heavy (non-hydrogen) atoms. The lowest BCUT2D eigenvalue weighted by Gasteiger charge is -2.26. The van der Waals surface area contributed by atoms with Crippen molar-refractivity contribution in [3.63, 3.8) is 0 Å². The number of likely N-dealkylation sites (tertiary alicyclic amines) is 1. The topological polar surface area (TPSA) is 35.6 Å². The van der Waals surface area contributed by atoms with Gasteiger partial charge in [-0.15, -0.1) is 0 Å². The van der Waals surface area contributed by atoms with Crippen LogP contribution in [0.5, 0.6) is 0 Å². The summed E-state index contributed by atoms with van der Waals surface area (Å²) in [5, 5.41) is 3.06. The van der Waals surface area contributed by atoms with Gasteiger partial charge in [0.15, 0.2) is 0 Å². The maximum absolute atomic E-state index is 11.9. The van der Waals surface area contributed by atoms with Gasteiger partial charge in [-0.3, -0.25) is 4.79 Å². The first-order valence-electron chi connectivity index (χ1n) is 9.90. The molecule has 1 aliphatic heterocycles. The van der Waals surface area contributed by atoms with Crippen LogP contribution in [-0.4, -0.2) is 51.1 Å². The second kappa shape index (κ2) is 11.1. The van der Waals surface area contributed by atoms with E-state index in [4.69, 9.17) is 0 Å². The molecule has 1 heterocycles. The molecule has 1 aromatic rings. The van der Waals surface area contributed by atoms with Crippen LogP contribution in [0, 0.1) is 0 Å². The average molecular weight is 346 g/mol. The zero-order chi connectivity index (χ0) is 17.9. The summed E-state index contributed by atoms with van der Waals surface area (Å²) in [6, 6.07) is 8.44. The molecular weight excluding hydrogens is 310 g/mol. The minimum atomic E-state index is 0.174. The summed E-state index contributed by atoms with van der Waals surface area (Å²) in [5.41, 5.74) is 2.42. The van der Waals surface area contributed by atoms with Gasteiger partial charge in [0.05, 0.1) is 0 Å². The molecule has 0 saturated carbocycles. The van der Waals surface area contributed by atoms with Crippen LogP contribution >= 0.6 is 0 Å². The van der Waals surface area contributed by atoms with E-state index in [0.29, 0.717) is 6.42 Å². The third-order valence-corrected chi connectivity index (χ3v) is 5.02. The Hall–Kier alpha value is -1.55. The first kappa shape index (κ1) is 19.8. The van der Waals surface area contributed by atoms with Crippen LogP contribution in [0.15, 0.2) is 24.3 Å². The van der Waals surface area contributed by atoms with E-state index in [1.807, 2.05) is 14.1 Å². The molecule has 1 aromatic carbocycles. The fraction of sp³-hybridized carbons (Fsp3) is 0.667. The molecule has 0 bridgehead atoms. The van der Waals surface area contributed by atoms with Gasteiger partial charge >= 0.3 is 0 Å². The highest BCUT2D eigenvalue weighted by atomic mass is 16.1. The fourth-order valence-electron chi connectivity index (χ4n) is 3.36. The van der Waals surface area contributed by atoms with E-state index in [9.17, 15) is 4.79 Å². The second-order valence-corrected chi connectivity index (χ2v) is 7.37. The minimum absolute atomic E-state index is 0.174. The predicted molar refractivity (Wildman–Crippen MR) is 106 cm³/mol. The molecule has 1 fully saturated rings. The van der Waals surface area contributed by atoms with Crippen molar-refractivity contribution in [2.24, 2.45) is 0 Å². The van der Waals surface area contributed by atoms with E-state index in [2.05, 4.69) is 39.4 Å². The van der Waals surface area contributed by atoms with Gasteiger partial charge in [0.1, 0.15) is 0 Å². The predicted octanol–water partition coefficient (Wildman–Crippen LogP) is 3.46. The van der Waals surface area contributed by atoms with Crippen molar-refractivity contribution < 1.29 is 4.79 Å². The Morgan fingerprint density at radius 1 is 1.04 bits per heavy atom. The van der Waals surface area contributed by atoms with Crippen molar-refractivity contribution in [2.75, 3.05) is 45.2 Å². The Balaban J connectivity index is 1.49. The number of anilines is 1. The number of unbranched alkanes of at least 4 members (excludes halogenated alkanes) is 2. The maximum Gasteiger partial charge on any atom is 0.220 e. The van der Waals surface area contributed by atoms with Crippen molar-refractivity contribution >= 4 is 11.6 Å². The van der Waals surface area contributed by atoms with Gasteiger partial charge in [-0.1, -0.05) is 25.0 Å². The number of amides is 1. The molecular formula is C21H35N3O. The summed E-state index contributed by atoms with van der Waals surface area (Å²) in [6.45, 7) is 4.62. The Kier molecular flexibility index (Phi) is 8.81. The monoisotopic (exact) mass is 345 g/mol. The molecule has 4 heteroatoms. The van der Waals surface area contributed by atoms with Gasteiger partial charge in [-0.25, -0.2) is 0 Å². The summed E-state index contributed by atoms with van der Waals surface area (Å²) >= 11 is 0. The Morgan fingerprint density at radius 3 is 2.44 bits per heavy atom. The number of hydrogen-bond donors (Lipinski definition) is 1. The normalized spacial score (nSPS) is 15.1. The highest BCUT2D eigenvalue weighted by molar-refractivity contribution is 5.76. The van der Waals surface area contributed by atoms with Gasteiger partial charge in [0.25, 0.3) is 0 Å². The smallest absolute Gasteiger partial charge is 0.220 e. The first-order chi connectivity index (χ1) is 12.1. The van der Waals surface area contributed by atoms with Gasteiger partial charge in [-0.2, -0.15) is 0 Å². The van der Waals surface area contributed by atoms with Gasteiger partial charge in [0.2, 0.25) is 5.91 Å². The third kappa shape index (κ3) is 7.91. The zero-order valence-electron chi connectivity index (χ0n) is 16.1. The summed E-state index contributed by atoms with van der Waals surface area (Å²) in [7, 11) is 4.07. The molecule has 0 aromatic heterocycles. The molecule has 0 unspecified atom stereocenters. The largest absolute Gasteiger partial charge is 0.378 e. The average Bonchev–Trinajstić information content (AvgIpc) is 2.64. The van der Waals surface area contributed by atoms with Crippen LogP contribution in [0.1, 0.15) is 50.5 Å². The molecule has 0 radical (unpaired) electrons. The van der Waals surface area contributed by atoms with Crippen molar-refractivity contribution in [3.8, 4) is 0 Å². The van der Waals surface area contributed by atoms with Crippen LogP contribution in [-0.2, 0) is 11.2 Å². The van der Waals surface area contributed by atoms with Crippen molar-refractivity contribution in [1.29, 1.82) is 0 Å². The van der Waals surface area contributed by atoms with Crippen LogP contribution in [0.4, 0.5) is 5.69 Å². The second-order valence-electron chi connectivity index (χ2n) is 7.37. The highest BCUT2D eigenvalue weighted by Crippen LogP contribution is 2.13. The third-order valence-electron chi connectivity index (χ3n) is 5.02. The summed E-state index contributed by atoms with van der Waals surface area (Å²) in [4.78, 5) is 16.6. The Bertz CT molecular complexity index is 492.